The highest BCUT2D eigenvalue weighted by molar-refractivity contribution is 6.02. The molecule has 21 heavy (non-hydrogen) atoms. The molecule has 2 atom stereocenters. The number of aliphatic hydroxyl groups excluding tert-OH is 1. The van der Waals surface area contributed by atoms with Gasteiger partial charge >= 0.3 is 5.97 Å². The normalized spacial score (nSPS) is 21.6. The van der Waals surface area contributed by atoms with Gasteiger partial charge in [-0.2, -0.15) is 0 Å². The van der Waals surface area contributed by atoms with E-state index in [0.29, 0.717) is 10.9 Å². The average molecular weight is 286 g/mol. The molecule has 0 amide bonds. The van der Waals surface area contributed by atoms with Crippen molar-refractivity contribution < 1.29 is 15.0 Å². The van der Waals surface area contributed by atoms with Crippen LogP contribution >= 0.6 is 0 Å². The van der Waals surface area contributed by atoms with E-state index in [0.717, 1.165) is 25.1 Å². The van der Waals surface area contributed by atoms with Crippen LogP contribution in [0.4, 0.5) is 5.82 Å². The van der Waals surface area contributed by atoms with Gasteiger partial charge in [0.15, 0.2) is 0 Å². The van der Waals surface area contributed by atoms with Crippen molar-refractivity contribution in [3.63, 3.8) is 0 Å². The summed E-state index contributed by atoms with van der Waals surface area (Å²) in [4.78, 5) is 15.7. The number of hydrogen-bond acceptors (Lipinski definition) is 4. The number of pyridine rings is 1. The summed E-state index contributed by atoms with van der Waals surface area (Å²) in [5.74, 6) is 0.0579. The first-order chi connectivity index (χ1) is 10.2. The fourth-order valence-corrected chi connectivity index (χ4v) is 3.06. The Kier molecular flexibility index (Phi) is 3.75. The van der Waals surface area contributed by atoms with E-state index in [1.54, 1.807) is 18.2 Å². The number of carboxylic acids is 1. The smallest absolute Gasteiger partial charge is 0.336 e. The van der Waals surface area contributed by atoms with Crippen molar-refractivity contribution in [1.82, 2.24) is 4.98 Å². The molecule has 3 N–H and O–H groups in total. The van der Waals surface area contributed by atoms with E-state index in [2.05, 4.69) is 10.3 Å². The number of fused-ring (bicyclic) bond motifs is 1. The van der Waals surface area contributed by atoms with Crippen LogP contribution in [0, 0.1) is 5.92 Å². The number of nitrogens with one attached hydrogen (secondary N) is 1. The third kappa shape index (κ3) is 2.69. The number of rotatable bonds is 4. The zero-order valence-electron chi connectivity index (χ0n) is 11.6. The number of carboxylic acid groups (broad SMARTS) is 1. The minimum absolute atomic E-state index is 0.189. The Balaban J connectivity index is 1.89. The van der Waals surface area contributed by atoms with Crippen molar-refractivity contribution in [3.8, 4) is 0 Å². The Morgan fingerprint density at radius 2 is 2.14 bits per heavy atom. The van der Waals surface area contributed by atoms with Crippen LogP contribution in [0.15, 0.2) is 30.3 Å². The molecule has 1 aromatic carbocycles. The number of aliphatic hydroxyl groups is 1. The highest BCUT2D eigenvalue weighted by Crippen LogP contribution is 2.28. The lowest BCUT2D eigenvalue weighted by molar-refractivity contribution is 0.0699. The van der Waals surface area contributed by atoms with Gasteiger partial charge in [-0.1, -0.05) is 12.5 Å². The molecule has 0 aliphatic heterocycles. The maximum absolute atomic E-state index is 11.2. The number of anilines is 1. The zero-order valence-corrected chi connectivity index (χ0v) is 11.6. The summed E-state index contributed by atoms with van der Waals surface area (Å²) >= 11 is 0. The Labute approximate surface area is 122 Å². The van der Waals surface area contributed by atoms with Crippen molar-refractivity contribution in [2.45, 2.75) is 25.3 Å². The monoisotopic (exact) mass is 286 g/mol. The molecule has 0 bridgehead atoms. The van der Waals surface area contributed by atoms with E-state index < -0.39 is 5.97 Å². The van der Waals surface area contributed by atoms with E-state index in [1.807, 2.05) is 12.1 Å². The SMILES string of the molecule is O=C(O)c1cccc2nc(NC3CCCC3CO)ccc12. The fraction of sp³-hybridized carbons (Fsp3) is 0.375. The van der Waals surface area contributed by atoms with Crippen LogP contribution < -0.4 is 5.32 Å². The molecule has 2 aromatic rings. The molecule has 1 saturated carbocycles. The van der Waals surface area contributed by atoms with Crippen molar-refractivity contribution in [2.75, 3.05) is 11.9 Å². The van der Waals surface area contributed by atoms with Crippen molar-refractivity contribution in [1.29, 1.82) is 0 Å². The van der Waals surface area contributed by atoms with Gasteiger partial charge in [-0.05, 0) is 37.1 Å². The van der Waals surface area contributed by atoms with Crippen LogP contribution in [0.2, 0.25) is 0 Å². The highest BCUT2D eigenvalue weighted by atomic mass is 16.4. The maximum atomic E-state index is 11.2. The van der Waals surface area contributed by atoms with Gasteiger partial charge in [-0.25, -0.2) is 9.78 Å². The Morgan fingerprint density at radius 3 is 2.90 bits per heavy atom. The standard InChI is InChI=1S/C16H18N2O3/c19-9-10-3-1-5-13(10)17-15-8-7-11-12(16(20)21)4-2-6-14(11)18-15/h2,4,6-8,10,13,19H,1,3,5,9H2,(H,17,18)(H,20,21). The predicted molar refractivity (Wildman–Crippen MR) is 80.5 cm³/mol. The van der Waals surface area contributed by atoms with Crippen LogP contribution in [0.25, 0.3) is 10.9 Å². The molecule has 5 heteroatoms. The lowest BCUT2D eigenvalue weighted by Gasteiger charge is -2.19. The van der Waals surface area contributed by atoms with Crippen molar-refractivity contribution in [3.05, 3.63) is 35.9 Å². The fourth-order valence-electron chi connectivity index (χ4n) is 3.06. The van der Waals surface area contributed by atoms with E-state index in [-0.39, 0.29) is 24.1 Å². The molecule has 1 heterocycles. The minimum Gasteiger partial charge on any atom is -0.478 e. The molecule has 0 radical (unpaired) electrons. The summed E-state index contributed by atoms with van der Waals surface area (Å²) in [6, 6.07) is 8.93. The Bertz CT molecular complexity index is 672. The van der Waals surface area contributed by atoms with Crippen LogP contribution in [-0.2, 0) is 0 Å². The van der Waals surface area contributed by atoms with Crippen LogP contribution in [-0.4, -0.2) is 33.8 Å². The molecule has 1 aliphatic rings. The van der Waals surface area contributed by atoms with Gasteiger partial charge in [0.2, 0.25) is 0 Å². The molecular weight excluding hydrogens is 268 g/mol. The van der Waals surface area contributed by atoms with Gasteiger partial charge in [0.05, 0.1) is 11.1 Å². The van der Waals surface area contributed by atoms with Gasteiger partial charge in [0.25, 0.3) is 0 Å². The van der Waals surface area contributed by atoms with Crippen molar-refractivity contribution >= 4 is 22.7 Å². The number of hydrogen-bond donors (Lipinski definition) is 3. The van der Waals surface area contributed by atoms with Gasteiger partial charge in [-0.15, -0.1) is 0 Å². The Morgan fingerprint density at radius 1 is 1.29 bits per heavy atom. The quantitative estimate of drug-likeness (QED) is 0.804. The molecule has 0 spiro atoms. The van der Waals surface area contributed by atoms with Gasteiger partial charge in [0, 0.05) is 24.0 Å². The molecule has 1 aromatic heterocycles. The van der Waals surface area contributed by atoms with Gasteiger partial charge in [0.1, 0.15) is 5.82 Å². The summed E-state index contributed by atoms with van der Waals surface area (Å²) in [5.41, 5.74) is 0.930. The van der Waals surface area contributed by atoms with E-state index >= 15 is 0 Å². The van der Waals surface area contributed by atoms with E-state index in [1.165, 1.54) is 0 Å². The molecule has 1 fully saturated rings. The number of aromatic carboxylic acids is 1. The molecule has 1 aliphatic carbocycles. The first-order valence-corrected chi connectivity index (χ1v) is 7.19. The largest absolute Gasteiger partial charge is 0.478 e. The highest BCUT2D eigenvalue weighted by Gasteiger charge is 2.26. The lowest BCUT2D eigenvalue weighted by atomic mass is 10.0. The minimum atomic E-state index is -0.945. The van der Waals surface area contributed by atoms with Gasteiger partial charge < -0.3 is 15.5 Å². The lowest BCUT2D eigenvalue weighted by Crippen LogP contribution is -2.26. The zero-order chi connectivity index (χ0) is 14.8. The summed E-state index contributed by atoms with van der Waals surface area (Å²) in [6.07, 6.45) is 3.17. The predicted octanol–water partition coefficient (Wildman–Crippen LogP) is 2.51. The summed E-state index contributed by atoms with van der Waals surface area (Å²) < 4.78 is 0. The van der Waals surface area contributed by atoms with Gasteiger partial charge in [-0.3, -0.25) is 0 Å². The topological polar surface area (TPSA) is 82.5 Å². The number of aromatic nitrogens is 1. The second kappa shape index (κ2) is 5.69. The number of carbonyl (C=O) groups is 1. The number of benzene rings is 1. The van der Waals surface area contributed by atoms with E-state index in [9.17, 15) is 15.0 Å². The summed E-state index contributed by atoms with van der Waals surface area (Å²) in [5, 5.41) is 22.5. The second-order valence-corrected chi connectivity index (χ2v) is 5.50. The number of nitrogens with zero attached hydrogens (tertiary/aromatic N) is 1. The molecule has 5 nitrogen and oxygen atoms in total. The van der Waals surface area contributed by atoms with E-state index in [4.69, 9.17) is 0 Å². The second-order valence-electron chi connectivity index (χ2n) is 5.50. The summed E-state index contributed by atoms with van der Waals surface area (Å²) in [7, 11) is 0. The Hall–Kier alpha value is -2.14. The molecule has 3 rings (SSSR count). The third-order valence-electron chi connectivity index (χ3n) is 4.19. The van der Waals surface area contributed by atoms with Crippen LogP contribution in [0.1, 0.15) is 29.6 Å². The first-order valence-electron chi connectivity index (χ1n) is 7.19. The molecule has 110 valence electrons. The molecule has 0 saturated heterocycles. The van der Waals surface area contributed by atoms with Crippen molar-refractivity contribution in [2.24, 2.45) is 5.92 Å². The molecule has 2 unspecified atom stereocenters. The van der Waals surface area contributed by atoms with Crippen LogP contribution in [0.5, 0.6) is 0 Å². The average Bonchev–Trinajstić information content (AvgIpc) is 2.93. The summed E-state index contributed by atoms with van der Waals surface area (Å²) in [6.45, 7) is 0.189. The van der Waals surface area contributed by atoms with Crippen LogP contribution in [0.3, 0.4) is 0 Å². The first kappa shape index (κ1) is 13.8. The maximum Gasteiger partial charge on any atom is 0.336 e. The molecular formula is C16H18N2O3. The third-order valence-corrected chi connectivity index (χ3v) is 4.19.